The Bertz CT molecular complexity index is 525. The Labute approximate surface area is 122 Å². The zero-order valence-corrected chi connectivity index (χ0v) is 13.0. The Morgan fingerprint density at radius 2 is 2.11 bits per heavy atom. The number of halogens is 1. The van der Waals surface area contributed by atoms with Crippen LogP contribution in [0.5, 0.6) is 5.75 Å². The smallest absolute Gasteiger partial charge is 0.170 e. The quantitative estimate of drug-likeness (QED) is 0.697. The van der Waals surface area contributed by atoms with E-state index in [2.05, 4.69) is 29.8 Å². The molecule has 1 saturated carbocycles. The number of hydrogen-bond acceptors (Lipinski definition) is 2. The predicted molar refractivity (Wildman–Crippen MR) is 78.6 cm³/mol. The van der Waals surface area contributed by atoms with Crippen molar-refractivity contribution in [3.05, 3.63) is 28.2 Å². The van der Waals surface area contributed by atoms with Crippen LogP contribution in [0.15, 0.2) is 22.7 Å². The van der Waals surface area contributed by atoms with Crippen LogP contribution in [0.25, 0.3) is 0 Å². The highest BCUT2D eigenvalue weighted by Gasteiger charge is 2.44. The molecule has 3 heteroatoms. The fraction of sp³-hybridized carbons (Fsp3) is 0.562. The molecule has 1 aromatic carbocycles. The fourth-order valence-corrected chi connectivity index (χ4v) is 3.73. The van der Waals surface area contributed by atoms with E-state index in [0.29, 0.717) is 12.3 Å². The van der Waals surface area contributed by atoms with Crippen molar-refractivity contribution in [2.45, 2.75) is 45.1 Å². The van der Waals surface area contributed by atoms with Crippen molar-refractivity contribution in [2.24, 2.45) is 11.8 Å². The molecular weight excluding hydrogens is 304 g/mol. The molecule has 1 aromatic rings. The van der Waals surface area contributed by atoms with Gasteiger partial charge in [-0.05, 0) is 49.3 Å². The molecule has 1 aliphatic carbocycles. The van der Waals surface area contributed by atoms with Gasteiger partial charge in [0.2, 0.25) is 0 Å². The third kappa shape index (κ3) is 2.33. The summed E-state index contributed by atoms with van der Waals surface area (Å²) >= 11 is 3.45. The molecule has 3 rings (SSSR count). The standard InChI is InChI=1S/C16H19BrO2/c1-10-5-6-16(8-11(10)2)9-14(18)13-4-3-12(17)7-15(13)19-16/h3-4,7,10-11H,5-6,8-9H2,1-2H3. The summed E-state index contributed by atoms with van der Waals surface area (Å²) in [7, 11) is 0. The average Bonchev–Trinajstić information content (AvgIpc) is 2.34. The summed E-state index contributed by atoms with van der Waals surface area (Å²) in [6.07, 6.45) is 3.68. The van der Waals surface area contributed by atoms with Crippen LogP contribution in [0.1, 0.15) is 49.9 Å². The zero-order valence-electron chi connectivity index (χ0n) is 11.4. The van der Waals surface area contributed by atoms with E-state index in [1.54, 1.807) is 0 Å². The molecule has 0 N–H and O–H groups in total. The van der Waals surface area contributed by atoms with Crippen molar-refractivity contribution in [1.82, 2.24) is 0 Å². The first-order valence-corrected chi connectivity index (χ1v) is 7.80. The van der Waals surface area contributed by atoms with Crippen LogP contribution in [0, 0.1) is 11.8 Å². The molecule has 0 radical (unpaired) electrons. The minimum Gasteiger partial charge on any atom is -0.486 e. The van der Waals surface area contributed by atoms with Gasteiger partial charge in [0.25, 0.3) is 0 Å². The molecule has 19 heavy (non-hydrogen) atoms. The Balaban J connectivity index is 1.94. The van der Waals surface area contributed by atoms with Gasteiger partial charge in [0, 0.05) is 4.47 Å². The SMILES string of the molecule is CC1CCC2(CC(=O)c3ccc(Br)cc3O2)CC1C. The summed E-state index contributed by atoms with van der Waals surface area (Å²) in [5.74, 6) is 2.34. The molecule has 1 heterocycles. The Hall–Kier alpha value is -0.830. The second-order valence-electron chi connectivity index (χ2n) is 6.22. The van der Waals surface area contributed by atoms with Gasteiger partial charge in [0.15, 0.2) is 5.78 Å². The van der Waals surface area contributed by atoms with Gasteiger partial charge >= 0.3 is 0 Å². The number of ketones is 1. The van der Waals surface area contributed by atoms with E-state index in [-0.39, 0.29) is 11.4 Å². The fourth-order valence-electron chi connectivity index (χ4n) is 3.39. The summed E-state index contributed by atoms with van der Waals surface area (Å²) in [5, 5.41) is 0. The van der Waals surface area contributed by atoms with Crippen molar-refractivity contribution in [3.63, 3.8) is 0 Å². The van der Waals surface area contributed by atoms with Gasteiger partial charge in [-0.2, -0.15) is 0 Å². The van der Waals surface area contributed by atoms with E-state index in [1.807, 2.05) is 18.2 Å². The van der Waals surface area contributed by atoms with Gasteiger partial charge in [-0.15, -0.1) is 0 Å². The highest BCUT2D eigenvalue weighted by atomic mass is 79.9. The lowest BCUT2D eigenvalue weighted by molar-refractivity contribution is -0.0153. The molecule has 0 amide bonds. The van der Waals surface area contributed by atoms with Gasteiger partial charge in [-0.25, -0.2) is 0 Å². The molecule has 2 aliphatic rings. The maximum absolute atomic E-state index is 12.4. The van der Waals surface area contributed by atoms with E-state index >= 15 is 0 Å². The summed E-state index contributed by atoms with van der Waals surface area (Å²) in [6.45, 7) is 4.57. The normalized spacial score (nSPS) is 33.9. The number of fused-ring (bicyclic) bond motifs is 1. The molecule has 3 unspecified atom stereocenters. The lowest BCUT2D eigenvalue weighted by atomic mass is 9.70. The van der Waals surface area contributed by atoms with Crippen LogP contribution in [0.4, 0.5) is 0 Å². The lowest BCUT2D eigenvalue weighted by Crippen LogP contribution is -2.47. The van der Waals surface area contributed by atoms with Crippen LogP contribution in [-0.4, -0.2) is 11.4 Å². The van der Waals surface area contributed by atoms with Crippen molar-refractivity contribution in [2.75, 3.05) is 0 Å². The summed E-state index contributed by atoms with van der Waals surface area (Å²) in [5.41, 5.74) is 0.483. The van der Waals surface area contributed by atoms with Gasteiger partial charge < -0.3 is 4.74 Å². The van der Waals surface area contributed by atoms with Crippen molar-refractivity contribution in [3.8, 4) is 5.75 Å². The maximum Gasteiger partial charge on any atom is 0.170 e. The maximum atomic E-state index is 12.4. The van der Waals surface area contributed by atoms with Crippen molar-refractivity contribution < 1.29 is 9.53 Å². The molecule has 0 saturated heterocycles. The second kappa shape index (κ2) is 4.62. The van der Waals surface area contributed by atoms with E-state index in [1.165, 1.54) is 0 Å². The highest BCUT2D eigenvalue weighted by molar-refractivity contribution is 9.10. The molecular formula is C16H19BrO2. The van der Waals surface area contributed by atoms with Crippen molar-refractivity contribution >= 4 is 21.7 Å². The second-order valence-corrected chi connectivity index (χ2v) is 7.14. The zero-order chi connectivity index (χ0) is 13.6. The van der Waals surface area contributed by atoms with Crippen LogP contribution >= 0.6 is 15.9 Å². The number of carbonyl (C=O) groups is 1. The molecule has 1 aliphatic heterocycles. The molecule has 2 nitrogen and oxygen atoms in total. The summed E-state index contributed by atoms with van der Waals surface area (Å²) in [6, 6.07) is 5.70. The Morgan fingerprint density at radius 3 is 2.84 bits per heavy atom. The number of hydrogen-bond donors (Lipinski definition) is 0. The van der Waals surface area contributed by atoms with Crippen LogP contribution in [-0.2, 0) is 0 Å². The molecule has 102 valence electrons. The van der Waals surface area contributed by atoms with Crippen molar-refractivity contribution in [1.29, 1.82) is 0 Å². The number of rotatable bonds is 0. The first kappa shape index (κ1) is 13.2. The first-order chi connectivity index (χ1) is 8.99. The van der Waals surface area contributed by atoms with E-state index in [4.69, 9.17) is 4.74 Å². The largest absolute Gasteiger partial charge is 0.486 e. The van der Waals surface area contributed by atoms with E-state index < -0.39 is 0 Å². The number of Topliss-reactive ketones (excluding diaryl/α,β-unsaturated/α-hetero) is 1. The summed E-state index contributed by atoms with van der Waals surface area (Å²) < 4.78 is 7.25. The summed E-state index contributed by atoms with van der Waals surface area (Å²) in [4.78, 5) is 12.4. The van der Waals surface area contributed by atoms with E-state index in [9.17, 15) is 4.79 Å². The molecule has 0 aromatic heterocycles. The minimum absolute atomic E-state index is 0.232. The average molecular weight is 323 g/mol. The van der Waals surface area contributed by atoms with Crippen LogP contribution in [0.2, 0.25) is 0 Å². The van der Waals surface area contributed by atoms with Gasteiger partial charge in [-0.3, -0.25) is 4.79 Å². The third-order valence-electron chi connectivity index (χ3n) is 4.77. The highest BCUT2D eigenvalue weighted by Crippen LogP contribution is 2.45. The third-order valence-corrected chi connectivity index (χ3v) is 5.27. The monoisotopic (exact) mass is 322 g/mol. The lowest BCUT2D eigenvalue weighted by Gasteiger charge is -2.45. The minimum atomic E-state index is -0.253. The van der Waals surface area contributed by atoms with Crippen LogP contribution < -0.4 is 4.74 Å². The number of carbonyl (C=O) groups excluding carboxylic acids is 1. The molecule has 1 fully saturated rings. The topological polar surface area (TPSA) is 26.3 Å². The molecule has 1 spiro atoms. The number of benzene rings is 1. The Kier molecular flexibility index (Phi) is 3.20. The first-order valence-electron chi connectivity index (χ1n) is 7.01. The molecule has 3 atom stereocenters. The van der Waals surface area contributed by atoms with Gasteiger partial charge in [0.05, 0.1) is 12.0 Å². The van der Waals surface area contributed by atoms with Gasteiger partial charge in [-0.1, -0.05) is 29.8 Å². The number of ether oxygens (including phenoxy) is 1. The van der Waals surface area contributed by atoms with Gasteiger partial charge in [0.1, 0.15) is 11.4 Å². The predicted octanol–water partition coefficient (Wildman–Crippen LogP) is 4.61. The van der Waals surface area contributed by atoms with E-state index in [0.717, 1.165) is 41.0 Å². The van der Waals surface area contributed by atoms with Crippen LogP contribution in [0.3, 0.4) is 0 Å². The molecule has 0 bridgehead atoms. The Morgan fingerprint density at radius 1 is 1.32 bits per heavy atom.